The normalized spacial score (nSPS) is 12.8. The third kappa shape index (κ3) is 6.92. The minimum absolute atomic E-state index is 0.0511. The molecule has 2 heterocycles. The first-order chi connectivity index (χ1) is 17.2. The fourth-order valence-corrected chi connectivity index (χ4v) is 3.98. The van der Waals surface area contributed by atoms with Crippen LogP contribution in [0.1, 0.15) is 47.2 Å². The van der Waals surface area contributed by atoms with Gasteiger partial charge >= 0.3 is 11.9 Å². The fourth-order valence-electron chi connectivity index (χ4n) is 3.98. The molecule has 1 unspecified atom stereocenters. The van der Waals surface area contributed by atoms with Crippen molar-refractivity contribution in [3.05, 3.63) is 47.2 Å². The molecule has 2 aromatic heterocycles. The molecule has 3 rings (SSSR count). The van der Waals surface area contributed by atoms with Crippen LogP contribution in [0, 0.1) is 0 Å². The molecule has 0 spiro atoms. The molecule has 1 amide bonds. The highest BCUT2D eigenvalue weighted by Crippen LogP contribution is 2.25. The zero-order valence-electron chi connectivity index (χ0n) is 19.9. The molecule has 3 aromatic rings. The Balaban J connectivity index is 1.52. The molecule has 36 heavy (non-hydrogen) atoms. The first-order valence-electron chi connectivity index (χ1n) is 11.4. The maximum Gasteiger partial charge on any atom is 0.326 e. The van der Waals surface area contributed by atoms with Gasteiger partial charge in [-0.15, -0.1) is 0 Å². The number of aryl methyl sites for hydroxylation is 1. The van der Waals surface area contributed by atoms with Crippen LogP contribution in [0.2, 0.25) is 0 Å². The number of aliphatic carboxylic acids is 2. The number of benzene rings is 1. The molecule has 0 saturated heterocycles. The van der Waals surface area contributed by atoms with Crippen LogP contribution in [-0.4, -0.2) is 62.3 Å². The monoisotopic (exact) mass is 498 g/mol. The van der Waals surface area contributed by atoms with Gasteiger partial charge in [0.05, 0.1) is 11.5 Å². The van der Waals surface area contributed by atoms with Gasteiger partial charge in [0, 0.05) is 31.7 Å². The molecule has 2 atom stereocenters. The Morgan fingerprint density at radius 1 is 1.11 bits per heavy atom. The summed E-state index contributed by atoms with van der Waals surface area (Å²) in [7, 11) is 1.66. The van der Waals surface area contributed by atoms with Gasteiger partial charge < -0.3 is 36.7 Å². The van der Waals surface area contributed by atoms with Crippen molar-refractivity contribution in [2.75, 3.05) is 18.6 Å². The molecular formula is C24H30N6O6. The Morgan fingerprint density at radius 2 is 1.83 bits per heavy atom. The van der Waals surface area contributed by atoms with Gasteiger partial charge in [0.2, 0.25) is 5.95 Å². The van der Waals surface area contributed by atoms with Crippen molar-refractivity contribution in [3.8, 4) is 0 Å². The number of H-pyrrole nitrogens is 1. The van der Waals surface area contributed by atoms with Gasteiger partial charge in [0.25, 0.3) is 5.91 Å². The van der Waals surface area contributed by atoms with Crippen LogP contribution in [0.4, 0.5) is 11.8 Å². The van der Waals surface area contributed by atoms with Gasteiger partial charge in [-0.25, -0.2) is 4.79 Å². The minimum Gasteiger partial charge on any atom is -0.481 e. The summed E-state index contributed by atoms with van der Waals surface area (Å²) in [4.78, 5) is 45.6. The highest BCUT2D eigenvalue weighted by Gasteiger charge is 2.21. The van der Waals surface area contributed by atoms with E-state index in [0.717, 1.165) is 35.8 Å². The number of carboxylic acid groups (broad SMARTS) is 2. The molecule has 8 N–H and O–H groups in total. The number of methoxy groups -OCH3 is 1. The number of aromatic amines is 1. The molecule has 12 heteroatoms. The van der Waals surface area contributed by atoms with Gasteiger partial charge in [-0.3, -0.25) is 9.59 Å². The van der Waals surface area contributed by atoms with Gasteiger partial charge in [-0.2, -0.15) is 9.97 Å². The number of aromatic nitrogens is 3. The maximum atomic E-state index is 12.4. The van der Waals surface area contributed by atoms with Crippen LogP contribution >= 0.6 is 0 Å². The number of anilines is 2. The number of carbonyl (C=O) groups is 3. The van der Waals surface area contributed by atoms with Crippen LogP contribution in [0.3, 0.4) is 0 Å². The summed E-state index contributed by atoms with van der Waals surface area (Å²) in [5.74, 6) is -2.53. The third-order valence-electron chi connectivity index (χ3n) is 5.90. The maximum absolute atomic E-state index is 12.4. The number of hydrogen-bond donors (Lipinski definition) is 6. The Bertz CT molecular complexity index is 1230. The number of nitrogen functional groups attached to an aromatic ring is 2. The number of nitrogens with zero attached hydrogens (tertiary/aromatic N) is 2. The summed E-state index contributed by atoms with van der Waals surface area (Å²) in [6, 6.07) is 5.59. The molecule has 0 aliphatic heterocycles. The summed E-state index contributed by atoms with van der Waals surface area (Å²) < 4.78 is 5.66. The lowest BCUT2D eigenvalue weighted by atomic mass is 10.0. The van der Waals surface area contributed by atoms with Crippen molar-refractivity contribution in [3.63, 3.8) is 0 Å². The molecule has 192 valence electrons. The van der Waals surface area contributed by atoms with E-state index in [9.17, 15) is 19.5 Å². The molecule has 12 nitrogen and oxygen atoms in total. The quantitative estimate of drug-likeness (QED) is 0.201. The van der Waals surface area contributed by atoms with E-state index in [2.05, 4.69) is 20.3 Å². The Morgan fingerprint density at radius 3 is 2.47 bits per heavy atom. The molecule has 1 aromatic carbocycles. The number of nitrogens with one attached hydrogen (secondary N) is 2. The number of rotatable bonds is 13. The third-order valence-corrected chi connectivity index (χ3v) is 5.90. The lowest BCUT2D eigenvalue weighted by Gasteiger charge is -2.15. The van der Waals surface area contributed by atoms with E-state index in [1.807, 2.05) is 18.3 Å². The standard InChI is InChI=1S/C24H30N6O6/c1-36-16(11-15-12-27-21-19(15)20(25)29-24(26)30-21)4-2-3-13-5-7-14(8-6-13)22(33)28-17(23(34)35)9-10-18(31)32/h5-8,12,16-17H,2-4,9-11H2,1H3,(H,28,33)(H,31,32)(H,34,35)(H5,25,26,27,29,30)/t16?,17-/m0/s1. The van der Waals surface area contributed by atoms with E-state index in [4.69, 9.17) is 21.3 Å². The van der Waals surface area contributed by atoms with E-state index < -0.39 is 23.9 Å². The van der Waals surface area contributed by atoms with Gasteiger partial charge in [-0.1, -0.05) is 12.1 Å². The van der Waals surface area contributed by atoms with E-state index >= 15 is 0 Å². The second-order valence-electron chi connectivity index (χ2n) is 8.45. The van der Waals surface area contributed by atoms with E-state index in [1.165, 1.54) is 0 Å². The molecule has 0 saturated carbocycles. The average Bonchev–Trinajstić information content (AvgIpc) is 3.23. The van der Waals surface area contributed by atoms with Gasteiger partial charge in [0.1, 0.15) is 17.5 Å². The van der Waals surface area contributed by atoms with Crippen molar-refractivity contribution in [2.24, 2.45) is 0 Å². The first-order valence-corrected chi connectivity index (χ1v) is 11.4. The molecular weight excluding hydrogens is 468 g/mol. The SMILES string of the molecule is COC(CCCc1ccc(C(=O)N[C@@H](CCC(=O)O)C(=O)O)cc1)Cc1c[nH]c2nc(N)nc(N)c12. The van der Waals surface area contributed by atoms with Crippen LogP contribution < -0.4 is 16.8 Å². The second-order valence-corrected chi connectivity index (χ2v) is 8.45. The van der Waals surface area contributed by atoms with E-state index in [1.54, 1.807) is 19.2 Å². The van der Waals surface area contributed by atoms with Crippen LogP contribution in [0.5, 0.6) is 0 Å². The molecule has 0 fully saturated rings. The summed E-state index contributed by atoms with van der Waals surface area (Å²) in [5.41, 5.74) is 14.5. The number of carbonyl (C=O) groups excluding carboxylic acids is 1. The second kappa shape index (κ2) is 12.0. The molecule has 0 aliphatic carbocycles. The first kappa shape index (κ1) is 26.4. The Kier molecular flexibility index (Phi) is 8.79. The number of fused-ring (bicyclic) bond motifs is 1. The summed E-state index contributed by atoms with van der Waals surface area (Å²) >= 11 is 0. The number of amides is 1. The topological polar surface area (TPSA) is 207 Å². The van der Waals surface area contributed by atoms with E-state index in [0.29, 0.717) is 23.4 Å². The van der Waals surface area contributed by atoms with Crippen molar-refractivity contribution >= 4 is 40.6 Å². The largest absolute Gasteiger partial charge is 0.481 e. The fraction of sp³-hybridized carbons (Fsp3) is 0.375. The van der Waals surface area contributed by atoms with Crippen LogP contribution in [0.25, 0.3) is 11.0 Å². The van der Waals surface area contributed by atoms with E-state index in [-0.39, 0.29) is 24.9 Å². The lowest BCUT2D eigenvalue weighted by Crippen LogP contribution is -2.41. The molecule has 0 bridgehead atoms. The summed E-state index contributed by atoms with van der Waals surface area (Å²) in [5, 5.41) is 21.1. The zero-order chi connectivity index (χ0) is 26.2. The summed E-state index contributed by atoms with van der Waals surface area (Å²) in [6.07, 6.45) is 4.24. The van der Waals surface area contributed by atoms with Crippen molar-refractivity contribution in [2.45, 2.75) is 50.7 Å². The number of nitrogens with two attached hydrogens (primary N) is 2. The highest BCUT2D eigenvalue weighted by molar-refractivity contribution is 5.96. The van der Waals surface area contributed by atoms with Crippen molar-refractivity contribution in [1.82, 2.24) is 20.3 Å². The lowest BCUT2D eigenvalue weighted by molar-refractivity contribution is -0.140. The van der Waals surface area contributed by atoms with Gasteiger partial charge in [-0.05, 0) is 48.9 Å². The molecule has 0 aliphatic rings. The van der Waals surface area contributed by atoms with Crippen LogP contribution in [0.15, 0.2) is 30.5 Å². The Labute approximate surface area is 207 Å². The average molecular weight is 499 g/mol. The smallest absolute Gasteiger partial charge is 0.326 e. The number of ether oxygens (including phenoxy) is 1. The van der Waals surface area contributed by atoms with Crippen molar-refractivity contribution in [1.29, 1.82) is 0 Å². The summed E-state index contributed by atoms with van der Waals surface area (Å²) in [6.45, 7) is 0. The number of carboxylic acids is 2. The minimum atomic E-state index is -1.28. The molecule has 0 radical (unpaired) electrons. The number of hydrogen-bond acceptors (Lipinski definition) is 8. The van der Waals surface area contributed by atoms with Crippen LogP contribution in [-0.2, 0) is 27.2 Å². The predicted octanol–water partition coefficient (Wildman–Crippen LogP) is 1.75. The zero-order valence-corrected chi connectivity index (χ0v) is 19.9. The predicted molar refractivity (Wildman–Crippen MR) is 132 cm³/mol. The Hall–Kier alpha value is -4.19. The van der Waals surface area contributed by atoms with Crippen molar-refractivity contribution < 1.29 is 29.3 Å². The van der Waals surface area contributed by atoms with Gasteiger partial charge in [0.15, 0.2) is 0 Å². The highest BCUT2D eigenvalue weighted by atomic mass is 16.5.